The summed E-state index contributed by atoms with van der Waals surface area (Å²) in [7, 11) is 0. The van der Waals surface area contributed by atoms with Crippen molar-refractivity contribution in [1.29, 1.82) is 0 Å². The molecule has 1 aliphatic rings. The third kappa shape index (κ3) is 3.09. The molecule has 2 amide bonds. The molecule has 6 heteroatoms. The average Bonchev–Trinajstić information content (AvgIpc) is 2.94. The standard InChI is InChI=1S/C12H18N4O2/c1-9-8-10(15-14-9)12(18)13-5-3-7-16-6-2-4-11(16)17/h8H,2-7H2,1H3,(H,13,18)(H,14,15). The molecule has 18 heavy (non-hydrogen) atoms. The molecule has 0 bridgehead atoms. The van der Waals surface area contributed by atoms with Crippen LogP contribution < -0.4 is 5.32 Å². The topological polar surface area (TPSA) is 78.1 Å². The van der Waals surface area contributed by atoms with Crippen LogP contribution in [0.2, 0.25) is 0 Å². The first kappa shape index (κ1) is 12.6. The van der Waals surface area contributed by atoms with E-state index in [-0.39, 0.29) is 11.8 Å². The number of H-pyrrole nitrogens is 1. The first-order valence-corrected chi connectivity index (χ1v) is 6.25. The minimum Gasteiger partial charge on any atom is -0.351 e. The number of aryl methyl sites for hydroxylation is 1. The lowest BCUT2D eigenvalue weighted by molar-refractivity contribution is -0.127. The predicted molar refractivity (Wildman–Crippen MR) is 66.1 cm³/mol. The second-order valence-electron chi connectivity index (χ2n) is 4.53. The zero-order chi connectivity index (χ0) is 13.0. The summed E-state index contributed by atoms with van der Waals surface area (Å²) in [5, 5.41) is 9.40. The summed E-state index contributed by atoms with van der Waals surface area (Å²) in [5.41, 5.74) is 1.27. The van der Waals surface area contributed by atoms with E-state index >= 15 is 0 Å². The molecular weight excluding hydrogens is 232 g/mol. The van der Waals surface area contributed by atoms with E-state index in [1.54, 1.807) is 6.07 Å². The largest absolute Gasteiger partial charge is 0.351 e. The molecule has 2 heterocycles. The number of carbonyl (C=O) groups is 2. The molecule has 0 radical (unpaired) electrons. The fourth-order valence-electron chi connectivity index (χ4n) is 2.04. The Morgan fingerprint density at radius 3 is 3.06 bits per heavy atom. The Kier molecular flexibility index (Phi) is 3.96. The van der Waals surface area contributed by atoms with E-state index in [0.717, 1.165) is 31.6 Å². The summed E-state index contributed by atoms with van der Waals surface area (Å²) in [6.07, 6.45) is 2.40. The number of nitrogens with one attached hydrogen (secondary N) is 2. The molecule has 0 saturated carbocycles. The van der Waals surface area contributed by atoms with Crippen molar-refractivity contribution in [3.05, 3.63) is 17.5 Å². The maximum Gasteiger partial charge on any atom is 0.271 e. The van der Waals surface area contributed by atoms with Gasteiger partial charge >= 0.3 is 0 Å². The lowest BCUT2D eigenvalue weighted by Crippen LogP contribution is -2.30. The molecule has 2 rings (SSSR count). The summed E-state index contributed by atoms with van der Waals surface area (Å²) in [4.78, 5) is 24.8. The third-order valence-corrected chi connectivity index (χ3v) is 3.00. The lowest BCUT2D eigenvalue weighted by Gasteiger charge is -2.14. The molecule has 0 atom stereocenters. The fraction of sp³-hybridized carbons (Fsp3) is 0.583. The molecule has 1 aromatic rings. The van der Waals surface area contributed by atoms with Gasteiger partial charge in [0.25, 0.3) is 5.91 Å². The Morgan fingerprint density at radius 1 is 1.61 bits per heavy atom. The fourth-order valence-corrected chi connectivity index (χ4v) is 2.04. The van der Waals surface area contributed by atoms with E-state index in [2.05, 4.69) is 15.5 Å². The van der Waals surface area contributed by atoms with Gasteiger partial charge < -0.3 is 10.2 Å². The van der Waals surface area contributed by atoms with Gasteiger partial charge in [-0.2, -0.15) is 5.10 Å². The number of carbonyl (C=O) groups excluding carboxylic acids is 2. The number of rotatable bonds is 5. The molecule has 98 valence electrons. The average molecular weight is 250 g/mol. The molecule has 1 aliphatic heterocycles. The Morgan fingerprint density at radius 2 is 2.44 bits per heavy atom. The van der Waals surface area contributed by atoms with Crippen LogP contribution in [0, 0.1) is 6.92 Å². The zero-order valence-electron chi connectivity index (χ0n) is 10.5. The van der Waals surface area contributed by atoms with Gasteiger partial charge in [0.1, 0.15) is 5.69 Å². The van der Waals surface area contributed by atoms with Crippen LogP contribution in [-0.4, -0.2) is 46.5 Å². The maximum absolute atomic E-state index is 11.6. The van der Waals surface area contributed by atoms with Gasteiger partial charge in [-0.15, -0.1) is 0 Å². The van der Waals surface area contributed by atoms with Gasteiger partial charge in [-0.05, 0) is 25.8 Å². The lowest BCUT2D eigenvalue weighted by atomic mass is 10.3. The highest BCUT2D eigenvalue weighted by Crippen LogP contribution is 2.09. The van der Waals surface area contributed by atoms with E-state index in [9.17, 15) is 9.59 Å². The van der Waals surface area contributed by atoms with Gasteiger partial charge in [0.05, 0.1) is 0 Å². The van der Waals surface area contributed by atoms with E-state index in [1.165, 1.54) is 0 Å². The summed E-state index contributed by atoms with van der Waals surface area (Å²) >= 11 is 0. The van der Waals surface area contributed by atoms with Crippen LogP contribution in [0.4, 0.5) is 0 Å². The van der Waals surface area contributed by atoms with Crippen LogP contribution in [0.25, 0.3) is 0 Å². The van der Waals surface area contributed by atoms with Crippen molar-refractivity contribution < 1.29 is 9.59 Å². The number of hydrogen-bond acceptors (Lipinski definition) is 3. The van der Waals surface area contributed by atoms with Crippen molar-refractivity contribution >= 4 is 11.8 Å². The van der Waals surface area contributed by atoms with Crippen molar-refractivity contribution in [3.8, 4) is 0 Å². The molecule has 1 fully saturated rings. The highest BCUT2D eigenvalue weighted by molar-refractivity contribution is 5.92. The molecule has 2 N–H and O–H groups in total. The highest BCUT2D eigenvalue weighted by atomic mass is 16.2. The van der Waals surface area contributed by atoms with E-state index in [0.29, 0.717) is 18.7 Å². The van der Waals surface area contributed by atoms with Gasteiger partial charge in [0.2, 0.25) is 5.91 Å². The third-order valence-electron chi connectivity index (χ3n) is 3.00. The zero-order valence-corrected chi connectivity index (χ0v) is 10.5. The van der Waals surface area contributed by atoms with Crippen LogP contribution in [0.15, 0.2) is 6.07 Å². The summed E-state index contributed by atoms with van der Waals surface area (Å²) in [6, 6.07) is 1.71. The first-order valence-electron chi connectivity index (χ1n) is 6.25. The van der Waals surface area contributed by atoms with Crippen molar-refractivity contribution in [3.63, 3.8) is 0 Å². The van der Waals surface area contributed by atoms with Gasteiger partial charge in [-0.1, -0.05) is 0 Å². The van der Waals surface area contributed by atoms with Crippen LogP contribution >= 0.6 is 0 Å². The summed E-state index contributed by atoms with van der Waals surface area (Å²) < 4.78 is 0. The van der Waals surface area contributed by atoms with Gasteiger partial charge in [0, 0.05) is 31.7 Å². The number of aromatic nitrogens is 2. The van der Waals surface area contributed by atoms with Crippen LogP contribution in [0.5, 0.6) is 0 Å². The number of likely N-dealkylation sites (tertiary alicyclic amines) is 1. The molecule has 0 unspecified atom stereocenters. The van der Waals surface area contributed by atoms with Crippen molar-refractivity contribution in [2.75, 3.05) is 19.6 Å². The second-order valence-corrected chi connectivity index (χ2v) is 4.53. The van der Waals surface area contributed by atoms with Crippen molar-refractivity contribution in [2.45, 2.75) is 26.2 Å². The van der Waals surface area contributed by atoms with Crippen LogP contribution in [0.3, 0.4) is 0 Å². The number of aromatic amines is 1. The minimum atomic E-state index is -0.174. The Labute approximate surface area is 106 Å². The van der Waals surface area contributed by atoms with Gasteiger partial charge in [-0.3, -0.25) is 14.7 Å². The van der Waals surface area contributed by atoms with Crippen LogP contribution in [-0.2, 0) is 4.79 Å². The van der Waals surface area contributed by atoms with E-state index in [4.69, 9.17) is 0 Å². The van der Waals surface area contributed by atoms with E-state index < -0.39 is 0 Å². The van der Waals surface area contributed by atoms with Crippen LogP contribution in [0.1, 0.15) is 35.4 Å². The molecule has 1 saturated heterocycles. The summed E-state index contributed by atoms with van der Waals surface area (Å²) in [6.45, 7) is 3.99. The molecule has 0 spiro atoms. The Balaban J connectivity index is 1.66. The smallest absolute Gasteiger partial charge is 0.271 e. The summed E-state index contributed by atoms with van der Waals surface area (Å²) in [5.74, 6) is 0.0522. The van der Waals surface area contributed by atoms with Gasteiger partial charge in [-0.25, -0.2) is 0 Å². The molecule has 1 aromatic heterocycles. The first-order chi connectivity index (χ1) is 8.66. The SMILES string of the molecule is Cc1cc(C(=O)NCCCN2CCCC2=O)n[nH]1. The van der Waals surface area contributed by atoms with E-state index in [1.807, 2.05) is 11.8 Å². The molecule has 0 aliphatic carbocycles. The number of amides is 2. The Bertz CT molecular complexity index is 441. The minimum absolute atomic E-state index is 0.174. The maximum atomic E-state index is 11.6. The van der Waals surface area contributed by atoms with Crippen molar-refractivity contribution in [1.82, 2.24) is 20.4 Å². The van der Waals surface area contributed by atoms with Crippen molar-refractivity contribution in [2.24, 2.45) is 0 Å². The predicted octanol–water partition coefficient (Wildman–Crippen LogP) is 0.460. The highest BCUT2D eigenvalue weighted by Gasteiger charge is 2.19. The Hall–Kier alpha value is -1.85. The normalized spacial score (nSPS) is 15.2. The number of nitrogens with zero attached hydrogens (tertiary/aromatic N) is 2. The quantitative estimate of drug-likeness (QED) is 0.745. The molecule has 0 aromatic carbocycles. The molecule has 6 nitrogen and oxygen atoms in total. The monoisotopic (exact) mass is 250 g/mol. The number of hydrogen-bond donors (Lipinski definition) is 2. The second kappa shape index (κ2) is 5.66. The van der Waals surface area contributed by atoms with Gasteiger partial charge in [0.15, 0.2) is 0 Å². The molecular formula is C12H18N4O2.